The quantitative estimate of drug-likeness (QED) is 0.814. The van der Waals surface area contributed by atoms with Gasteiger partial charge in [-0.25, -0.2) is 4.39 Å². The Hall–Kier alpha value is -0.600. The highest BCUT2D eigenvalue weighted by molar-refractivity contribution is 6.31. The fourth-order valence-electron chi connectivity index (χ4n) is 1.36. The average Bonchev–Trinajstić information content (AvgIpc) is 2.88. The lowest BCUT2D eigenvalue weighted by atomic mass is 10.2. The molecule has 1 aliphatic rings. The molecule has 76 valence electrons. The third kappa shape index (κ3) is 2.07. The molecule has 0 saturated heterocycles. The van der Waals surface area contributed by atoms with Crippen LogP contribution in [0, 0.1) is 5.82 Å². The van der Waals surface area contributed by atoms with Crippen molar-refractivity contribution in [2.75, 3.05) is 0 Å². The maximum atomic E-state index is 13.1. The summed E-state index contributed by atoms with van der Waals surface area (Å²) in [5, 5.41) is 3.61. The molecule has 0 spiro atoms. The van der Waals surface area contributed by atoms with Gasteiger partial charge in [0.2, 0.25) is 0 Å². The number of hydrogen-bond donors (Lipinski definition) is 1. The fourth-order valence-corrected chi connectivity index (χ4v) is 1.55. The van der Waals surface area contributed by atoms with Gasteiger partial charge in [0.15, 0.2) is 0 Å². The first-order chi connectivity index (χ1) is 6.61. The monoisotopic (exact) mass is 213 g/mol. The maximum absolute atomic E-state index is 13.1. The van der Waals surface area contributed by atoms with E-state index >= 15 is 0 Å². The van der Waals surface area contributed by atoms with Crippen LogP contribution in [0.2, 0.25) is 5.02 Å². The Kier molecular flexibility index (Phi) is 2.50. The van der Waals surface area contributed by atoms with Crippen LogP contribution in [0.25, 0.3) is 0 Å². The van der Waals surface area contributed by atoms with Crippen molar-refractivity contribution in [3.05, 3.63) is 34.6 Å². The van der Waals surface area contributed by atoms with E-state index < -0.39 is 0 Å². The molecule has 0 heterocycles. The summed E-state index contributed by atoms with van der Waals surface area (Å²) in [4.78, 5) is 0. The average molecular weight is 214 g/mol. The highest BCUT2D eigenvalue weighted by Crippen LogP contribution is 2.35. The number of nitrogens with one attached hydrogen (secondary N) is 1. The Morgan fingerprint density at radius 2 is 2.21 bits per heavy atom. The largest absolute Gasteiger partial charge is 0.307 e. The van der Waals surface area contributed by atoms with Crippen molar-refractivity contribution in [3.8, 4) is 0 Å². The molecule has 1 saturated carbocycles. The van der Waals surface area contributed by atoms with E-state index in [0.29, 0.717) is 6.54 Å². The number of benzene rings is 1. The van der Waals surface area contributed by atoms with Crippen LogP contribution in [-0.4, -0.2) is 5.54 Å². The van der Waals surface area contributed by atoms with Gasteiger partial charge in [0.05, 0.1) is 5.02 Å². The Labute approximate surface area is 88.3 Å². The molecule has 0 unspecified atom stereocenters. The summed E-state index contributed by atoms with van der Waals surface area (Å²) < 4.78 is 13.1. The topological polar surface area (TPSA) is 12.0 Å². The van der Waals surface area contributed by atoms with E-state index in [4.69, 9.17) is 11.6 Å². The first kappa shape index (κ1) is 9.94. The van der Waals surface area contributed by atoms with Crippen LogP contribution in [0.15, 0.2) is 18.2 Å². The second-order valence-electron chi connectivity index (χ2n) is 4.13. The standard InChI is InChI=1S/C11H13ClFN/c1-11(5-6-11)14-7-8-3-2-4-9(13)10(8)12/h2-4,14H,5-7H2,1H3. The lowest BCUT2D eigenvalue weighted by Crippen LogP contribution is -2.27. The van der Waals surface area contributed by atoms with Gasteiger partial charge in [-0.1, -0.05) is 23.7 Å². The van der Waals surface area contributed by atoms with Gasteiger partial charge >= 0.3 is 0 Å². The van der Waals surface area contributed by atoms with Gasteiger partial charge in [-0.3, -0.25) is 0 Å². The molecule has 1 aliphatic carbocycles. The lowest BCUT2D eigenvalue weighted by Gasteiger charge is -2.12. The zero-order valence-corrected chi connectivity index (χ0v) is 8.87. The minimum atomic E-state index is -0.341. The minimum Gasteiger partial charge on any atom is -0.307 e. The molecular weight excluding hydrogens is 201 g/mol. The van der Waals surface area contributed by atoms with Crippen molar-refractivity contribution in [1.82, 2.24) is 5.32 Å². The predicted octanol–water partition coefficient (Wildman–Crippen LogP) is 3.12. The Balaban J connectivity index is 2.05. The Morgan fingerprint density at radius 1 is 1.50 bits per heavy atom. The summed E-state index contributed by atoms with van der Waals surface area (Å²) in [6.45, 7) is 2.81. The maximum Gasteiger partial charge on any atom is 0.142 e. The van der Waals surface area contributed by atoms with Crippen LogP contribution in [0.4, 0.5) is 4.39 Å². The molecular formula is C11H13ClFN. The van der Waals surface area contributed by atoms with Crippen LogP contribution in [0.5, 0.6) is 0 Å². The van der Waals surface area contributed by atoms with Gasteiger partial charge in [0, 0.05) is 12.1 Å². The van der Waals surface area contributed by atoms with Gasteiger partial charge < -0.3 is 5.32 Å². The van der Waals surface area contributed by atoms with Crippen molar-refractivity contribution < 1.29 is 4.39 Å². The molecule has 1 aromatic carbocycles. The summed E-state index contributed by atoms with van der Waals surface area (Å²) in [7, 11) is 0. The molecule has 1 N–H and O–H groups in total. The van der Waals surface area contributed by atoms with Gasteiger partial charge in [-0.2, -0.15) is 0 Å². The molecule has 0 aliphatic heterocycles. The summed E-state index contributed by atoms with van der Waals surface area (Å²) in [5.74, 6) is -0.341. The smallest absolute Gasteiger partial charge is 0.142 e. The van der Waals surface area contributed by atoms with E-state index in [0.717, 1.165) is 5.56 Å². The molecule has 1 aromatic rings. The van der Waals surface area contributed by atoms with Crippen molar-refractivity contribution >= 4 is 11.6 Å². The zero-order valence-electron chi connectivity index (χ0n) is 8.11. The highest BCUT2D eigenvalue weighted by atomic mass is 35.5. The van der Waals surface area contributed by atoms with Crippen LogP contribution >= 0.6 is 11.6 Å². The van der Waals surface area contributed by atoms with E-state index in [1.807, 2.05) is 6.07 Å². The van der Waals surface area contributed by atoms with Gasteiger partial charge in [0.1, 0.15) is 5.82 Å². The van der Waals surface area contributed by atoms with Crippen LogP contribution < -0.4 is 5.32 Å². The molecule has 0 bridgehead atoms. The molecule has 0 atom stereocenters. The normalized spacial score (nSPS) is 18.2. The van der Waals surface area contributed by atoms with Crippen molar-refractivity contribution in [1.29, 1.82) is 0 Å². The molecule has 1 nitrogen and oxygen atoms in total. The fraction of sp³-hybridized carbons (Fsp3) is 0.455. The summed E-state index contributed by atoms with van der Waals surface area (Å²) in [6.07, 6.45) is 2.39. The highest BCUT2D eigenvalue weighted by Gasteiger charge is 2.36. The van der Waals surface area contributed by atoms with E-state index in [1.54, 1.807) is 6.07 Å². The third-order valence-corrected chi connectivity index (χ3v) is 3.16. The second-order valence-corrected chi connectivity index (χ2v) is 4.51. The van der Waals surface area contributed by atoms with Crippen LogP contribution in [-0.2, 0) is 6.54 Å². The SMILES string of the molecule is CC1(NCc2cccc(F)c2Cl)CC1. The van der Waals surface area contributed by atoms with Crippen LogP contribution in [0.1, 0.15) is 25.3 Å². The molecule has 0 amide bonds. The molecule has 3 heteroatoms. The Bertz CT molecular complexity index is 347. The second kappa shape index (κ2) is 3.52. The lowest BCUT2D eigenvalue weighted by molar-refractivity contribution is 0.535. The number of hydrogen-bond acceptors (Lipinski definition) is 1. The summed E-state index contributed by atoms with van der Waals surface area (Å²) in [6, 6.07) is 4.92. The van der Waals surface area contributed by atoms with Gasteiger partial charge in [-0.05, 0) is 31.4 Å². The van der Waals surface area contributed by atoms with Crippen molar-refractivity contribution in [2.24, 2.45) is 0 Å². The third-order valence-electron chi connectivity index (χ3n) is 2.74. The molecule has 2 rings (SSSR count). The van der Waals surface area contributed by atoms with Crippen LogP contribution in [0.3, 0.4) is 0 Å². The molecule has 0 radical (unpaired) electrons. The van der Waals surface area contributed by atoms with E-state index in [-0.39, 0.29) is 16.4 Å². The Morgan fingerprint density at radius 3 is 2.86 bits per heavy atom. The van der Waals surface area contributed by atoms with E-state index in [9.17, 15) is 4.39 Å². The van der Waals surface area contributed by atoms with E-state index in [1.165, 1.54) is 18.9 Å². The van der Waals surface area contributed by atoms with Crippen molar-refractivity contribution in [2.45, 2.75) is 31.8 Å². The van der Waals surface area contributed by atoms with Gasteiger partial charge in [0.25, 0.3) is 0 Å². The molecule has 0 aromatic heterocycles. The molecule has 1 fully saturated rings. The van der Waals surface area contributed by atoms with Crippen molar-refractivity contribution in [3.63, 3.8) is 0 Å². The zero-order chi connectivity index (χ0) is 10.2. The number of rotatable bonds is 3. The number of halogens is 2. The first-order valence-corrected chi connectivity index (χ1v) is 5.16. The summed E-state index contributed by atoms with van der Waals surface area (Å²) >= 11 is 5.83. The predicted molar refractivity (Wildman–Crippen MR) is 55.9 cm³/mol. The van der Waals surface area contributed by atoms with E-state index in [2.05, 4.69) is 12.2 Å². The molecule has 14 heavy (non-hydrogen) atoms. The minimum absolute atomic E-state index is 0.240. The summed E-state index contributed by atoms with van der Waals surface area (Å²) in [5.41, 5.74) is 1.09. The van der Waals surface area contributed by atoms with Gasteiger partial charge in [-0.15, -0.1) is 0 Å². The first-order valence-electron chi connectivity index (χ1n) is 4.79.